The lowest BCUT2D eigenvalue weighted by atomic mass is 9.52. The number of amides is 2. The Labute approximate surface area is 254 Å². The molecule has 232 valence electrons. The van der Waals surface area contributed by atoms with Gasteiger partial charge in [-0.2, -0.15) is 4.31 Å². The van der Waals surface area contributed by atoms with Crippen molar-refractivity contribution in [3.8, 4) is 0 Å². The van der Waals surface area contributed by atoms with Gasteiger partial charge in [0.1, 0.15) is 0 Å². The number of aliphatic hydroxyl groups is 1. The number of hydrogen-bond donors (Lipinski definition) is 2. The summed E-state index contributed by atoms with van der Waals surface area (Å²) in [5.74, 6) is 1.37. The minimum Gasteiger partial charge on any atom is -0.390 e. The number of nitrogens with zero attached hydrogens (tertiary/aromatic N) is 4. The number of hydrogen-bond acceptors (Lipinski definition) is 7. The molecule has 5 fully saturated rings. The van der Waals surface area contributed by atoms with Crippen LogP contribution in [-0.4, -0.2) is 94.2 Å². The molecule has 0 spiro atoms. The van der Waals surface area contributed by atoms with Crippen molar-refractivity contribution in [3.05, 3.63) is 48.5 Å². The van der Waals surface area contributed by atoms with Crippen molar-refractivity contribution in [2.75, 3.05) is 73.4 Å². The van der Waals surface area contributed by atoms with Crippen LogP contribution in [0.15, 0.2) is 48.5 Å². The average Bonchev–Trinajstić information content (AvgIpc) is 3.00. The molecule has 8 rings (SSSR count). The van der Waals surface area contributed by atoms with Gasteiger partial charge in [0.15, 0.2) is 0 Å². The van der Waals surface area contributed by atoms with E-state index >= 15 is 0 Å². The second kappa shape index (κ2) is 11.3. The Kier molecular flexibility index (Phi) is 7.56. The number of sulfonamides is 1. The molecular weight excluding hydrogens is 566 g/mol. The lowest BCUT2D eigenvalue weighted by Gasteiger charge is -2.58. The van der Waals surface area contributed by atoms with E-state index in [1.54, 1.807) is 4.31 Å². The fraction of sp³-hybridized carbons (Fsp3) is 0.594. The Morgan fingerprint density at radius 2 is 1.56 bits per heavy atom. The van der Waals surface area contributed by atoms with E-state index in [1.807, 2.05) is 23.1 Å². The molecule has 1 saturated heterocycles. The van der Waals surface area contributed by atoms with Crippen LogP contribution in [0.5, 0.6) is 0 Å². The number of benzene rings is 2. The number of para-hydroxylation sites is 2. The molecule has 6 aliphatic rings. The van der Waals surface area contributed by atoms with E-state index in [1.165, 1.54) is 7.11 Å². The smallest absolute Gasteiger partial charge is 0.322 e. The summed E-state index contributed by atoms with van der Waals surface area (Å²) in [5.41, 5.74) is 3.54. The maximum atomic E-state index is 13.7. The number of ether oxygens (including phenoxy) is 1. The highest BCUT2D eigenvalue weighted by Gasteiger charge is 2.55. The van der Waals surface area contributed by atoms with Crippen LogP contribution >= 0.6 is 0 Å². The molecule has 2 heterocycles. The highest BCUT2D eigenvalue weighted by atomic mass is 32.2. The number of anilines is 4. The van der Waals surface area contributed by atoms with E-state index in [-0.39, 0.29) is 24.4 Å². The molecule has 3 unspecified atom stereocenters. The third-order valence-corrected chi connectivity index (χ3v) is 12.3. The fourth-order valence-corrected chi connectivity index (χ4v) is 10.0. The summed E-state index contributed by atoms with van der Waals surface area (Å²) in [7, 11) is -1.78. The first-order chi connectivity index (χ1) is 20.7. The summed E-state index contributed by atoms with van der Waals surface area (Å²) in [6.07, 6.45) is 4.80. The molecular formula is C32H43N5O5S. The van der Waals surface area contributed by atoms with Crippen LogP contribution in [0.3, 0.4) is 0 Å². The molecule has 0 aromatic heterocycles. The minimum atomic E-state index is -3.29. The second-order valence-corrected chi connectivity index (χ2v) is 15.3. The molecule has 0 radical (unpaired) electrons. The first-order valence-electron chi connectivity index (χ1n) is 15.7. The number of piperazine rings is 1. The van der Waals surface area contributed by atoms with Crippen molar-refractivity contribution < 1.29 is 23.1 Å². The molecule has 2 aliphatic heterocycles. The van der Waals surface area contributed by atoms with Crippen molar-refractivity contribution in [1.82, 2.24) is 9.62 Å². The first kappa shape index (κ1) is 28.9. The number of carbonyl (C=O) groups excluding carboxylic acids is 1. The third-order valence-electron chi connectivity index (χ3n) is 10.5. The number of urea groups is 1. The van der Waals surface area contributed by atoms with Crippen LogP contribution in [0.25, 0.3) is 0 Å². The number of nitrogens with one attached hydrogen (secondary N) is 1. The van der Waals surface area contributed by atoms with Gasteiger partial charge in [0.2, 0.25) is 10.0 Å². The average molecular weight is 610 g/mol. The van der Waals surface area contributed by atoms with Gasteiger partial charge in [0.05, 0.1) is 29.3 Å². The molecule has 2 N–H and O–H groups in total. The molecule has 4 bridgehead atoms. The standard InChI is InChI=1S/C32H43N5O5S/c1-42-16-17-43(40,41)35-12-10-34(11-13-35)26-6-8-27(9-7-26)36-14-15-37(29-5-3-2-4-28(29)36)31(38)33-30-24-18-23-19-25(30)22-32(39,20-23)21-24/h2-9,23-25,30,39H,10-22H2,1H3,(H,33,38)/t23?,24-,25+,30?,32?. The van der Waals surface area contributed by atoms with Gasteiger partial charge in [-0.15, -0.1) is 0 Å². The fourth-order valence-electron chi connectivity index (χ4n) is 8.66. The SMILES string of the molecule is COCCS(=O)(=O)N1CCN(c2ccc(N3CCN(C(=O)NC4[C@@H]5CC6C[C@H]4CC(O)(C6)C5)c4ccccc43)cc2)CC1. The van der Waals surface area contributed by atoms with Crippen LogP contribution in [0.2, 0.25) is 0 Å². The second-order valence-electron chi connectivity index (χ2n) is 13.2. The normalized spacial score (nSPS) is 30.4. The van der Waals surface area contributed by atoms with Crippen LogP contribution in [0.1, 0.15) is 32.1 Å². The zero-order valence-electron chi connectivity index (χ0n) is 24.9. The van der Waals surface area contributed by atoms with Crippen molar-refractivity contribution in [3.63, 3.8) is 0 Å². The van der Waals surface area contributed by atoms with Crippen molar-refractivity contribution >= 4 is 38.8 Å². The van der Waals surface area contributed by atoms with Gasteiger partial charge in [-0.3, -0.25) is 4.90 Å². The molecule has 4 aliphatic carbocycles. The topological polar surface area (TPSA) is 106 Å². The number of fused-ring (bicyclic) bond motifs is 1. The maximum absolute atomic E-state index is 13.7. The Morgan fingerprint density at radius 1 is 0.907 bits per heavy atom. The minimum absolute atomic E-state index is 0.0149. The van der Waals surface area contributed by atoms with E-state index < -0.39 is 15.6 Å². The molecule has 2 aromatic carbocycles. The number of carbonyl (C=O) groups is 1. The van der Waals surface area contributed by atoms with E-state index in [0.29, 0.717) is 57.0 Å². The Balaban J connectivity index is 1.01. The van der Waals surface area contributed by atoms with Gasteiger partial charge in [0.25, 0.3) is 0 Å². The van der Waals surface area contributed by atoms with Gasteiger partial charge >= 0.3 is 6.03 Å². The Bertz CT molecular complexity index is 1430. The van der Waals surface area contributed by atoms with Crippen molar-refractivity contribution in [2.45, 2.75) is 43.7 Å². The largest absolute Gasteiger partial charge is 0.390 e. The molecule has 5 atom stereocenters. The predicted molar refractivity (Wildman–Crippen MR) is 168 cm³/mol. The quantitative estimate of drug-likeness (QED) is 0.496. The van der Waals surface area contributed by atoms with E-state index in [0.717, 1.165) is 54.9 Å². The number of methoxy groups -OCH3 is 1. The molecule has 2 aromatic rings. The Hall–Kier alpha value is -2.86. The molecule has 10 nitrogen and oxygen atoms in total. The van der Waals surface area contributed by atoms with Crippen LogP contribution < -0.4 is 20.0 Å². The number of rotatable bonds is 7. The molecule has 4 saturated carbocycles. The van der Waals surface area contributed by atoms with Crippen molar-refractivity contribution in [2.24, 2.45) is 17.8 Å². The zero-order chi connectivity index (χ0) is 29.8. The van der Waals surface area contributed by atoms with Crippen LogP contribution in [-0.2, 0) is 14.8 Å². The highest BCUT2D eigenvalue weighted by molar-refractivity contribution is 7.89. The van der Waals surface area contributed by atoms with E-state index in [4.69, 9.17) is 4.74 Å². The van der Waals surface area contributed by atoms with Gasteiger partial charge < -0.3 is 25.0 Å². The monoisotopic (exact) mass is 609 g/mol. The lowest BCUT2D eigenvalue weighted by molar-refractivity contribution is -0.136. The third kappa shape index (κ3) is 5.49. The van der Waals surface area contributed by atoms with Crippen LogP contribution in [0, 0.1) is 17.8 Å². The first-order valence-corrected chi connectivity index (χ1v) is 17.3. The van der Waals surface area contributed by atoms with Gasteiger partial charge in [-0.1, -0.05) is 12.1 Å². The highest BCUT2D eigenvalue weighted by Crippen LogP contribution is 2.55. The van der Waals surface area contributed by atoms with Gasteiger partial charge in [0, 0.05) is 63.8 Å². The molecule has 43 heavy (non-hydrogen) atoms. The van der Waals surface area contributed by atoms with E-state index in [9.17, 15) is 18.3 Å². The summed E-state index contributed by atoms with van der Waals surface area (Å²) in [5, 5.41) is 14.4. The summed E-state index contributed by atoms with van der Waals surface area (Å²) < 4.78 is 31.6. The zero-order valence-corrected chi connectivity index (χ0v) is 25.7. The molecule has 11 heteroatoms. The summed E-state index contributed by atoms with van der Waals surface area (Å²) in [4.78, 5) is 20.1. The van der Waals surface area contributed by atoms with Crippen molar-refractivity contribution in [1.29, 1.82) is 0 Å². The Morgan fingerprint density at radius 3 is 2.21 bits per heavy atom. The van der Waals surface area contributed by atoms with Gasteiger partial charge in [-0.05, 0) is 86.3 Å². The summed E-state index contributed by atoms with van der Waals surface area (Å²) in [6.45, 7) is 3.69. The van der Waals surface area contributed by atoms with Gasteiger partial charge in [-0.25, -0.2) is 13.2 Å². The lowest BCUT2D eigenvalue weighted by Crippen LogP contribution is -2.63. The summed E-state index contributed by atoms with van der Waals surface area (Å²) >= 11 is 0. The van der Waals surface area contributed by atoms with E-state index in [2.05, 4.69) is 45.4 Å². The summed E-state index contributed by atoms with van der Waals surface area (Å²) in [6, 6.07) is 16.6. The maximum Gasteiger partial charge on any atom is 0.322 e. The van der Waals surface area contributed by atoms with Crippen LogP contribution in [0.4, 0.5) is 27.5 Å². The molecule has 2 amide bonds. The predicted octanol–water partition coefficient (Wildman–Crippen LogP) is 3.39.